The van der Waals surface area contributed by atoms with Gasteiger partial charge in [0.15, 0.2) is 0 Å². The fraction of sp³-hybridized carbons (Fsp3) is 0.0833. The predicted octanol–water partition coefficient (Wildman–Crippen LogP) is 1.43. The molecule has 0 spiro atoms. The molecule has 0 amide bonds. The van der Waals surface area contributed by atoms with Gasteiger partial charge in [-0.3, -0.25) is 0 Å². The van der Waals surface area contributed by atoms with Crippen molar-refractivity contribution in [2.45, 2.75) is 0 Å². The molecule has 2 aromatic rings. The molecule has 0 saturated heterocycles. The van der Waals surface area contributed by atoms with Gasteiger partial charge in [-0.05, 0) is 22.9 Å². The second-order valence-corrected chi connectivity index (χ2v) is 3.28. The average molecular weight is 232 g/mol. The van der Waals surface area contributed by atoms with Gasteiger partial charge in [0.25, 0.3) is 0 Å². The Morgan fingerprint density at radius 2 is 1.76 bits per heavy atom. The quantitative estimate of drug-likeness (QED) is 0.768. The molecule has 0 fully saturated rings. The number of benzene rings is 2. The van der Waals surface area contributed by atoms with E-state index in [-0.39, 0.29) is 7.69 Å². The number of rotatable bonds is 2. The minimum absolute atomic E-state index is 0.181. The summed E-state index contributed by atoms with van der Waals surface area (Å²) in [6, 6.07) is 12.8. The molecule has 88 valence electrons. The Hall–Kier alpha value is -1.85. The van der Waals surface area contributed by atoms with E-state index in [0.29, 0.717) is 5.56 Å². The Morgan fingerprint density at radius 1 is 1.18 bits per heavy atom. The number of hydrogen-bond acceptors (Lipinski definition) is 3. The van der Waals surface area contributed by atoms with Crippen molar-refractivity contribution in [1.29, 1.82) is 0 Å². The summed E-state index contributed by atoms with van der Waals surface area (Å²) in [6.07, 6.45) is 0. The fourth-order valence-corrected chi connectivity index (χ4v) is 1.32. The molecule has 0 aliphatic carbocycles. The lowest BCUT2D eigenvalue weighted by molar-refractivity contribution is 0.0697. The lowest BCUT2D eigenvalue weighted by atomic mass is 10.1. The van der Waals surface area contributed by atoms with Crippen molar-refractivity contribution in [3.63, 3.8) is 0 Å². The zero-order chi connectivity index (χ0) is 12.7. The molecular weight excluding hydrogens is 219 g/mol. The number of aromatic carboxylic acids is 1. The van der Waals surface area contributed by atoms with Gasteiger partial charge in [0.05, 0.1) is 5.56 Å². The van der Waals surface area contributed by atoms with E-state index < -0.39 is 5.97 Å². The summed E-state index contributed by atoms with van der Waals surface area (Å²) in [5.41, 5.74) is 0.332. The third-order valence-corrected chi connectivity index (χ3v) is 2.13. The van der Waals surface area contributed by atoms with Crippen LogP contribution >= 0.6 is 0 Å². The van der Waals surface area contributed by atoms with Gasteiger partial charge in [0, 0.05) is 7.11 Å². The predicted molar refractivity (Wildman–Crippen MR) is 67.3 cm³/mol. The normalized spacial score (nSPS) is 9.29. The Kier molecular flexibility index (Phi) is 5.19. The van der Waals surface area contributed by atoms with E-state index in [2.05, 4.69) is 4.65 Å². The van der Waals surface area contributed by atoms with E-state index in [1.807, 2.05) is 30.3 Å². The summed E-state index contributed by atoms with van der Waals surface area (Å²) in [7, 11) is 1.25. The SMILES string of the molecule is COBO.O=C(O)c1ccc2ccccc2c1. The van der Waals surface area contributed by atoms with Crippen LogP contribution in [0.5, 0.6) is 0 Å². The molecule has 0 aliphatic heterocycles. The first kappa shape index (κ1) is 13.2. The topological polar surface area (TPSA) is 66.8 Å². The van der Waals surface area contributed by atoms with Gasteiger partial charge in [0.1, 0.15) is 0 Å². The minimum Gasteiger partial charge on any atom is -0.478 e. The molecule has 5 heteroatoms. The van der Waals surface area contributed by atoms with Crippen LogP contribution in [-0.4, -0.2) is 30.9 Å². The molecule has 2 N–H and O–H groups in total. The van der Waals surface area contributed by atoms with E-state index in [9.17, 15) is 4.79 Å². The van der Waals surface area contributed by atoms with Crippen LogP contribution in [0.3, 0.4) is 0 Å². The van der Waals surface area contributed by atoms with E-state index in [4.69, 9.17) is 10.1 Å². The number of fused-ring (bicyclic) bond motifs is 1. The zero-order valence-corrected chi connectivity index (χ0v) is 9.46. The van der Waals surface area contributed by atoms with Gasteiger partial charge in [-0.15, -0.1) is 0 Å². The van der Waals surface area contributed by atoms with Gasteiger partial charge in [-0.2, -0.15) is 0 Å². The van der Waals surface area contributed by atoms with Crippen LogP contribution in [0, 0.1) is 0 Å². The minimum atomic E-state index is -0.884. The van der Waals surface area contributed by atoms with Gasteiger partial charge in [0.2, 0.25) is 0 Å². The third-order valence-electron chi connectivity index (χ3n) is 2.13. The highest BCUT2D eigenvalue weighted by Crippen LogP contribution is 2.15. The van der Waals surface area contributed by atoms with Gasteiger partial charge in [-0.1, -0.05) is 30.3 Å². The van der Waals surface area contributed by atoms with Crippen molar-refractivity contribution in [2.24, 2.45) is 0 Å². The smallest absolute Gasteiger partial charge is 0.435 e. The zero-order valence-electron chi connectivity index (χ0n) is 9.46. The van der Waals surface area contributed by atoms with Crippen molar-refractivity contribution in [3.8, 4) is 0 Å². The number of carbonyl (C=O) groups is 1. The van der Waals surface area contributed by atoms with Crippen molar-refractivity contribution < 1.29 is 19.6 Å². The molecule has 17 heavy (non-hydrogen) atoms. The van der Waals surface area contributed by atoms with Gasteiger partial charge < -0.3 is 14.8 Å². The first-order valence-electron chi connectivity index (χ1n) is 5.01. The maximum atomic E-state index is 10.6. The van der Waals surface area contributed by atoms with E-state index in [1.54, 1.807) is 12.1 Å². The highest BCUT2D eigenvalue weighted by Gasteiger charge is 2.01. The molecule has 0 aromatic heterocycles. The van der Waals surface area contributed by atoms with Crippen molar-refractivity contribution in [3.05, 3.63) is 48.0 Å². The van der Waals surface area contributed by atoms with Crippen molar-refractivity contribution >= 4 is 24.4 Å². The molecule has 0 heterocycles. The Morgan fingerprint density at radius 3 is 2.29 bits per heavy atom. The maximum absolute atomic E-state index is 10.6. The fourth-order valence-electron chi connectivity index (χ4n) is 1.32. The Bertz CT molecular complexity index is 497. The lowest BCUT2D eigenvalue weighted by Crippen LogP contribution is -1.94. The molecule has 4 nitrogen and oxygen atoms in total. The second kappa shape index (κ2) is 6.68. The summed E-state index contributed by atoms with van der Waals surface area (Å²) < 4.78 is 4.10. The maximum Gasteiger partial charge on any atom is 0.435 e. The summed E-state index contributed by atoms with van der Waals surface area (Å²) in [5.74, 6) is -0.884. The van der Waals surface area contributed by atoms with Crippen molar-refractivity contribution in [1.82, 2.24) is 0 Å². The second-order valence-electron chi connectivity index (χ2n) is 3.28. The molecule has 0 bridgehead atoms. The molecule has 2 rings (SSSR count). The standard InChI is InChI=1S/C11H8O2.CH5BO2/c12-11(13)10-6-5-8-3-1-2-4-9(8)7-10;1-4-2-3/h1-7H,(H,12,13);2-3H,1H3. The monoisotopic (exact) mass is 232 g/mol. The first-order chi connectivity index (χ1) is 8.19. The highest BCUT2D eigenvalue weighted by molar-refractivity contribution is 6.15. The van der Waals surface area contributed by atoms with Crippen LogP contribution in [0.4, 0.5) is 0 Å². The van der Waals surface area contributed by atoms with E-state index in [0.717, 1.165) is 10.8 Å². The van der Waals surface area contributed by atoms with Crippen LogP contribution in [-0.2, 0) is 4.65 Å². The van der Waals surface area contributed by atoms with Gasteiger partial charge >= 0.3 is 13.7 Å². The summed E-state index contributed by atoms with van der Waals surface area (Å²) in [6.45, 7) is 0. The first-order valence-corrected chi connectivity index (χ1v) is 5.01. The van der Waals surface area contributed by atoms with E-state index in [1.165, 1.54) is 7.11 Å². The number of carboxylic acid groups (broad SMARTS) is 1. The summed E-state index contributed by atoms with van der Waals surface area (Å²) in [4.78, 5) is 10.6. The largest absolute Gasteiger partial charge is 0.478 e. The molecule has 0 radical (unpaired) electrons. The molecule has 2 aromatic carbocycles. The third kappa shape index (κ3) is 3.90. The molecule has 0 saturated carbocycles. The summed E-state index contributed by atoms with van der Waals surface area (Å²) in [5, 5.41) is 18.4. The van der Waals surface area contributed by atoms with Gasteiger partial charge in [-0.25, -0.2) is 4.79 Å². The molecule has 0 unspecified atom stereocenters. The van der Waals surface area contributed by atoms with Crippen molar-refractivity contribution in [2.75, 3.05) is 7.11 Å². The van der Waals surface area contributed by atoms with Crippen LogP contribution in [0.1, 0.15) is 10.4 Å². The molecular formula is C12H13BO4. The highest BCUT2D eigenvalue weighted by atomic mass is 16.5. The number of carboxylic acids is 1. The Labute approximate surface area is 99.8 Å². The molecule has 0 atom stereocenters. The number of hydrogen-bond donors (Lipinski definition) is 2. The average Bonchev–Trinajstić information content (AvgIpc) is 2.38. The van der Waals surface area contributed by atoms with Crippen LogP contribution in [0.25, 0.3) is 10.8 Å². The van der Waals surface area contributed by atoms with Crippen LogP contribution < -0.4 is 0 Å². The van der Waals surface area contributed by atoms with Crippen LogP contribution in [0.2, 0.25) is 0 Å². The Balaban J connectivity index is 0.000000317. The summed E-state index contributed by atoms with van der Waals surface area (Å²) >= 11 is 0. The lowest BCUT2D eigenvalue weighted by Gasteiger charge is -1.98. The van der Waals surface area contributed by atoms with Crippen LogP contribution in [0.15, 0.2) is 42.5 Å². The van der Waals surface area contributed by atoms with E-state index >= 15 is 0 Å². The molecule has 0 aliphatic rings.